The molecule has 1 aromatic carbocycles. The molecule has 0 unspecified atom stereocenters. The van der Waals surface area contributed by atoms with E-state index >= 15 is 0 Å². The Morgan fingerprint density at radius 1 is 1.39 bits per heavy atom. The number of carbonyl (C=O) groups excluding carboxylic acids is 1. The molecule has 1 heterocycles. The van der Waals surface area contributed by atoms with Crippen LogP contribution >= 0.6 is 15.9 Å². The summed E-state index contributed by atoms with van der Waals surface area (Å²) in [6.45, 7) is 1.68. The van der Waals surface area contributed by atoms with Gasteiger partial charge in [0.25, 0.3) is 5.91 Å². The fourth-order valence-electron chi connectivity index (χ4n) is 2.31. The van der Waals surface area contributed by atoms with Crippen LogP contribution < -0.4 is 14.9 Å². The van der Waals surface area contributed by atoms with Crippen molar-refractivity contribution >= 4 is 28.1 Å². The van der Waals surface area contributed by atoms with Gasteiger partial charge in [0, 0.05) is 18.4 Å². The maximum absolute atomic E-state index is 12.0. The summed E-state index contributed by atoms with van der Waals surface area (Å²) >= 11 is 3.38. The van der Waals surface area contributed by atoms with E-state index in [2.05, 4.69) is 31.4 Å². The third-order valence-corrected chi connectivity index (χ3v) is 4.15. The van der Waals surface area contributed by atoms with Crippen molar-refractivity contribution in [1.29, 1.82) is 5.26 Å². The van der Waals surface area contributed by atoms with Crippen molar-refractivity contribution in [2.24, 2.45) is 5.10 Å². The van der Waals surface area contributed by atoms with E-state index in [9.17, 15) is 10.1 Å². The molecule has 0 aliphatic carbocycles. The average molecular weight is 447 g/mol. The Balaban J connectivity index is 1.97. The third-order valence-electron chi connectivity index (χ3n) is 3.53. The van der Waals surface area contributed by atoms with Crippen molar-refractivity contribution in [1.82, 2.24) is 10.4 Å². The van der Waals surface area contributed by atoms with Crippen LogP contribution in [0.5, 0.6) is 11.6 Å². The van der Waals surface area contributed by atoms with Gasteiger partial charge in [0.15, 0.2) is 6.61 Å². The molecule has 0 saturated carbocycles. The second-order valence-corrected chi connectivity index (χ2v) is 6.48. The van der Waals surface area contributed by atoms with Gasteiger partial charge in [-0.3, -0.25) is 4.79 Å². The molecule has 8 nitrogen and oxygen atoms in total. The van der Waals surface area contributed by atoms with E-state index in [1.165, 1.54) is 13.3 Å². The van der Waals surface area contributed by atoms with Gasteiger partial charge in [-0.2, -0.15) is 10.4 Å². The molecule has 1 aromatic heterocycles. The van der Waals surface area contributed by atoms with Gasteiger partial charge in [-0.15, -0.1) is 0 Å². The van der Waals surface area contributed by atoms with Gasteiger partial charge >= 0.3 is 0 Å². The summed E-state index contributed by atoms with van der Waals surface area (Å²) in [6, 6.07) is 9.15. The summed E-state index contributed by atoms with van der Waals surface area (Å²) < 4.78 is 16.4. The lowest BCUT2D eigenvalue weighted by molar-refractivity contribution is -0.123. The lowest BCUT2D eigenvalue weighted by atomic mass is 10.1. The van der Waals surface area contributed by atoms with Crippen LogP contribution in [0.15, 0.2) is 33.8 Å². The standard InChI is InChI=1S/C19H19BrN4O4/c1-12-6-14(10-26-2)15(8-21)19(23-12)28-11-18(25)24-22-9-13-4-5-17(27-3)16(20)7-13/h4-7,9H,10-11H2,1-3H3,(H,24,25)/b22-9-. The number of rotatable bonds is 8. The molecule has 1 amide bonds. The molecule has 2 rings (SSSR count). The Hall–Kier alpha value is -2.96. The first kappa shape index (κ1) is 21.3. The number of hydrogen-bond acceptors (Lipinski definition) is 7. The first-order valence-corrected chi connectivity index (χ1v) is 8.95. The summed E-state index contributed by atoms with van der Waals surface area (Å²) in [7, 11) is 3.11. The number of benzene rings is 1. The van der Waals surface area contributed by atoms with Gasteiger partial charge in [-0.25, -0.2) is 10.4 Å². The number of halogens is 1. The monoisotopic (exact) mass is 446 g/mol. The van der Waals surface area contributed by atoms with E-state index in [4.69, 9.17) is 14.2 Å². The molecule has 146 valence electrons. The molecule has 0 spiro atoms. The molecule has 1 N–H and O–H groups in total. The van der Waals surface area contributed by atoms with Crippen LogP contribution in [0.2, 0.25) is 0 Å². The van der Waals surface area contributed by atoms with Crippen LogP contribution in [-0.2, 0) is 16.1 Å². The lowest BCUT2D eigenvalue weighted by Gasteiger charge is -2.10. The second-order valence-electron chi connectivity index (χ2n) is 5.62. The maximum Gasteiger partial charge on any atom is 0.278 e. The third kappa shape index (κ3) is 5.77. The highest BCUT2D eigenvalue weighted by Gasteiger charge is 2.14. The molecule has 0 atom stereocenters. The minimum atomic E-state index is -0.482. The van der Waals surface area contributed by atoms with Crippen molar-refractivity contribution < 1.29 is 19.0 Å². The smallest absolute Gasteiger partial charge is 0.278 e. The van der Waals surface area contributed by atoms with E-state index in [0.717, 1.165) is 10.0 Å². The number of methoxy groups -OCH3 is 2. The Kier molecular flexibility index (Phi) is 7.92. The van der Waals surface area contributed by atoms with Crippen molar-refractivity contribution in [3.05, 3.63) is 51.1 Å². The molecule has 0 bridgehead atoms. The fourth-order valence-corrected chi connectivity index (χ4v) is 2.87. The number of nitriles is 1. The van der Waals surface area contributed by atoms with Crippen molar-refractivity contribution in [3.63, 3.8) is 0 Å². The zero-order valence-electron chi connectivity index (χ0n) is 15.7. The van der Waals surface area contributed by atoms with Gasteiger partial charge < -0.3 is 14.2 Å². The van der Waals surface area contributed by atoms with Crippen LogP contribution in [0.25, 0.3) is 0 Å². The minimum absolute atomic E-state index is 0.0905. The van der Waals surface area contributed by atoms with Crippen LogP contribution in [0.3, 0.4) is 0 Å². The number of pyridine rings is 1. The quantitative estimate of drug-likeness (QED) is 0.493. The zero-order chi connectivity index (χ0) is 20.5. The molecule has 0 saturated heterocycles. The number of nitrogens with zero attached hydrogens (tertiary/aromatic N) is 3. The molecular weight excluding hydrogens is 428 g/mol. The van der Waals surface area contributed by atoms with E-state index in [1.54, 1.807) is 38.3 Å². The average Bonchev–Trinajstić information content (AvgIpc) is 2.66. The van der Waals surface area contributed by atoms with Crippen molar-refractivity contribution in [2.45, 2.75) is 13.5 Å². The predicted octanol–water partition coefficient (Wildman–Crippen LogP) is 2.71. The topological polar surface area (TPSA) is 106 Å². The van der Waals surface area contributed by atoms with Crippen molar-refractivity contribution in [2.75, 3.05) is 20.8 Å². The lowest BCUT2D eigenvalue weighted by Crippen LogP contribution is -2.25. The zero-order valence-corrected chi connectivity index (χ0v) is 17.2. The van der Waals surface area contributed by atoms with E-state index < -0.39 is 5.91 Å². The van der Waals surface area contributed by atoms with Crippen LogP contribution in [0, 0.1) is 18.3 Å². The van der Waals surface area contributed by atoms with Gasteiger partial charge in [-0.05, 0) is 52.7 Å². The van der Waals surface area contributed by atoms with Crippen LogP contribution in [0.4, 0.5) is 0 Å². The Morgan fingerprint density at radius 2 is 2.18 bits per heavy atom. The molecular formula is C19H19BrN4O4. The molecule has 2 aromatic rings. The van der Waals surface area contributed by atoms with E-state index in [0.29, 0.717) is 17.0 Å². The number of aryl methyl sites for hydroxylation is 1. The number of amides is 1. The van der Waals surface area contributed by atoms with E-state index in [1.807, 2.05) is 6.07 Å². The summed E-state index contributed by atoms with van der Waals surface area (Å²) in [5.41, 5.74) is 4.68. The number of carbonyl (C=O) groups is 1. The Bertz CT molecular complexity index is 925. The normalized spacial score (nSPS) is 10.5. The summed E-state index contributed by atoms with van der Waals surface area (Å²) in [6.07, 6.45) is 1.49. The SMILES string of the molecule is COCc1cc(C)nc(OCC(=O)N/N=C\c2ccc(OC)c(Br)c2)c1C#N. The molecule has 0 fully saturated rings. The minimum Gasteiger partial charge on any atom is -0.496 e. The number of ether oxygens (including phenoxy) is 3. The van der Waals surface area contributed by atoms with Crippen LogP contribution in [-0.4, -0.2) is 37.9 Å². The highest BCUT2D eigenvalue weighted by atomic mass is 79.9. The summed E-state index contributed by atoms with van der Waals surface area (Å²) in [5.74, 6) is 0.304. The van der Waals surface area contributed by atoms with Crippen LogP contribution in [0.1, 0.15) is 22.4 Å². The summed E-state index contributed by atoms with van der Waals surface area (Å²) in [4.78, 5) is 16.1. The van der Waals surface area contributed by atoms with Crippen molar-refractivity contribution in [3.8, 4) is 17.7 Å². The van der Waals surface area contributed by atoms with E-state index in [-0.39, 0.29) is 24.7 Å². The molecule has 9 heteroatoms. The molecule has 0 aliphatic heterocycles. The highest BCUT2D eigenvalue weighted by Crippen LogP contribution is 2.25. The Labute approximate surface area is 171 Å². The predicted molar refractivity (Wildman–Crippen MR) is 106 cm³/mol. The number of nitrogens with one attached hydrogen (secondary N) is 1. The molecule has 0 aliphatic rings. The van der Waals surface area contributed by atoms with Gasteiger partial charge in [0.2, 0.25) is 5.88 Å². The largest absolute Gasteiger partial charge is 0.496 e. The number of hydrazone groups is 1. The first-order chi connectivity index (χ1) is 13.5. The molecule has 0 radical (unpaired) electrons. The highest BCUT2D eigenvalue weighted by molar-refractivity contribution is 9.10. The molecule has 28 heavy (non-hydrogen) atoms. The first-order valence-electron chi connectivity index (χ1n) is 8.16. The van der Waals surface area contributed by atoms with Gasteiger partial charge in [0.05, 0.1) is 24.4 Å². The maximum atomic E-state index is 12.0. The van der Waals surface area contributed by atoms with Gasteiger partial charge in [-0.1, -0.05) is 0 Å². The van der Waals surface area contributed by atoms with Gasteiger partial charge in [0.1, 0.15) is 17.4 Å². The number of hydrogen-bond donors (Lipinski definition) is 1. The Morgan fingerprint density at radius 3 is 2.82 bits per heavy atom. The fraction of sp³-hybridized carbons (Fsp3) is 0.263. The second kappa shape index (κ2) is 10.4. The number of aromatic nitrogens is 1. The summed E-state index contributed by atoms with van der Waals surface area (Å²) in [5, 5.41) is 13.2.